The Hall–Kier alpha value is -5.33. The number of aromatic nitrogens is 2. The molecule has 3 amide bonds. The van der Waals surface area contributed by atoms with Crippen molar-refractivity contribution in [1.82, 2.24) is 25.5 Å². The van der Waals surface area contributed by atoms with Gasteiger partial charge in [-0.1, -0.05) is 91.0 Å². The SMILES string of the molecule is Cl.Cl.N[C@@H](Cc1cccnc1)C(=O)NCc1ccc(CN(Cc2ccc(CNC(=O)[C@@H](N)Cc3cccnc3)cc2)C(=O)OCc2ccccc2)cc1. The lowest BCUT2D eigenvalue weighted by atomic mass is 10.1. The molecule has 53 heavy (non-hydrogen) atoms. The van der Waals surface area contributed by atoms with Crippen LogP contribution in [0.5, 0.6) is 0 Å². The van der Waals surface area contributed by atoms with Crippen LogP contribution >= 0.6 is 24.8 Å². The van der Waals surface area contributed by atoms with Crippen molar-refractivity contribution in [1.29, 1.82) is 0 Å². The van der Waals surface area contributed by atoms with Crippen LogP contribution in [0.25, 0.3) is 0 Å². The summed E-state index contributed by atoms with van der Waals surface area (Å²) in [4.78, 5) is 48.3. The van der Waals surface area contributed by atoms with Gasteiger partial charge in [-0.15, -0.1) is 24.8 Å². The molecule has 2 heterocycles. The van der Waals surface area contributed by atoms with E-state index in [9.17, 15) is 14.4 Å². The second-order valence-electron chi connectivity index (χ2n) is 12.3. The Balaban J connectivity index is 0.00000378. The Labute approximate surface area is 322 Å². The fraction of sp³-hybridized carbons (Fsp3) is 0.225. The number of nitrogens with zero attached hydrogens (tertiary/aromatic N) is 3. The second kappa shape index (κ2) is 21.9. The van der Waals surface area contributed by atoms with Gasteiger partial charge in [0, 0.05) is 51.0 Å². The predicted molar refractivity (Wildman–Crippen MR) is 209 cm³/mol. The molecule has 0 saturated carbocycles. The minimum Gasteiger partial charge on any atom is -0.445 e. The van der Waals surface area contributed by atoms with Gasteiger partial charge in [0.05, 0.1) is 12.1 Å². The maximum Gasteiger partial charge on any atom is 0.410 e. The standard InChI is InChI=1S/C40H43N7O4.2ClH/c41-36(20-34-8-4-18-43-22-34)38(48)45-24-29-10-14-31(15-11-29)26-47(40(50)51-28-33-6-2-1-3-7-33)27-32-16-12-30(13-17-32)25-46-39(49)37(42)21-35-9-5-19-44-23-35;;/h1-19,22-23,36-37H,20-21,24-28,41-42H2,(H,45,48)(H,46,49);2*1H/t36-,37-;;/m0../s1. The van der Waals surface area contributed by atoms with Crippen molar-refractivity contribution in [2.45, 2.75) is 57.7 Å². The van der Waals surface area contributed by atoms with E-state index in [1.54, 1.807) is 29.7 Å². The van der Waals surface area contributed by atoms with Crippen molar-refractivity contribution >= 4 is 42.7 Å². The minimum atomic E-state index is -0.682. The first-order chi connectivity index (χ1) is 24.8. The zero-order valence-corrected chi connectivity index (χ0v) is 30.8. The van der Waals surface area contributed by atoms with Crippen LogP contribution in [0.4, 0.5) is 4.79 Å². The number of halogens is 2. The topological polar surface area (TPSA) is 166 Å². The van der Waals surface area contributed by atoms with Gasteiger partial charge in [0.25, 0.3) is 0 Å². The van der Waals surface area contributed by atoms with Crippen LogP contribution in [0.1, 0.15) is 38.9 Å². The average Bonchev–Trinajstić information content (AvgIpc) is 3.17. The summed E-state index contributed by atoms with van der Waals surface area (Å²) in [5, 5.41) is 5.79. The number of carbonyl (C=O) groups is 3. The first-order valence-electron chi connectivity index (χ1n) is 16.8. The molecule has 3 aromatic carbocycles. The van der Waals surface area contributed by atoms with Gasteiger partial charge < -0.3 is 26.8 Å². The number of ether oxygens (including phenoxy) is 1. The molecule has 0 spiro atoms. The van der Waals surface area contributed by atoms with Gasteiger partial charge in [0.1, 0.15) is 6.61 Å². The van der Waals surface area contributed by atoms with Gasteiger partial charge >= 0.3 is 6.09 Å². The maximum absolute atomic E-state index is 13.4. The zero-order chi connectivity index (χ0) is 35.8. The molecule has 13 heteroatoms. The molecule has 0 unspecified atom stereocenters. The first-order valence-corrected chi connectivity index (χ1v) is 16.8. The Morgan fingerprint density at radius 1 is 0.566 bits per heavy atom. The van der Waals surface area contributed by atoms with Crippen LogP contribution in [0.15, 0.2) is 128 Å². The highest BCUT2D eigenvalue weighted by Crippen LogP contribution is 2.15. The highest BCUT2D eigenvalue weighted by Gasteiger charge is 2.18. The van der Waals surface area contributed by atoms with E-state index in [0.29, 0.717) is 39.0 Å². The van der Waals surface area contributed by atoms with Crippen molar-refractivity contribution in [3.05, 3.63) is 167 Å². The van der Waals surface area contributed by atoms with Gasteiger partial charge in [0.2, 0.25) is 11.8 Å². The lowest BCUT2D eigenvalue weighted by molar-refractivity contribution is -0.123. The summed E-state index contributed by atoms with van der Waals surface area (Å²) in [6, 6.07) is 31.0. The fourth-order valence-corrected chi connectivity index (χ4v) is 5.33. The Kier molecular flexibility index (Phi) is 17.4. The van der Waals surface area contributed by atoms with Crippen molar-refractivity contribution in [2.24, 2.45) is 11.5 Å². The number of pyridine rings is 2. The van der Waals surface area contributed by atoms with Crippen LogP contribution in [-0.4, -0.2) is 44.9 Å². The second-order valence-corrected chi connectivity index (χ2v) is 12.3. The molecule has 2 atom stereocenters. The van der Waals surface area contributed by atoms with E-state index in [0.717, 1.165) is 38.9 Å². The molecule has 0 bridgehead atoms. The molecule has 0 aliphatic carbocycles. The first kappa shape index (κ1) is 42.1. The van der Waals surface area contributed by atoms with Gasteiger partial charge in [-0.25, -0.2) is 4.79 Å². The summed E-state index contributed by atoms with van der Waals surface area (Å²) in [6.45, 7) is 1.42. The lowest BCUT2D eigenvalue weighted by Crippen LogP contribution is -2.41. The fourth-order valence-electron chi connectivity index (χ4n) is 5.33. The molecule has 0 aliphatic heterocycles. The molecular formula is C40H45Cl2N7O4. The predicted octanol–water partition coefficient (Wildman–Crippen LogP) is 5.03. The lowest BCUT2D eigenvalue weighted by Gasteiger charge is -2.23. The van der Waals surface area contributed by atoms with Crippen molar-refractivity contribution in [3.8, 4) is 0 Å². The number of nitrogens with one attached hydrogen (secondary N) is 2. The molecule has 6 N–H and O–H groups in total. The summed E-state index contributed by atoms with van der Waals surface area (Å²) < 4.78 is 5.70. The van der Waals surface area contributed by atoms with Gasteiger partial charge in [-0.3, -0.25) is 24.5 Å². The highest BCUT2D eigenvalue weighted by molar-refractivity contribution is 5.85. The quantitative estimate of drug-likeness (QED) is 0.109. The number of benzene rings is 3. The molecular weight excluding hydrogens is 713 g/mol. The average molecular weight is 759 g/mol. The van der Waals surface area contributed by atoms with Crippen molar-refractivity contribution in [2.75, 3.05) is 0 Å². The highest BCUT2D eigenvalue weighted by atomic mass is 35.5. The maximum atomic E-state index is 13.4. The van der Waals surface area contributed by atoms with E-state index in [2.05, 4.69) is 20.6 Å². The van der Waals surface area contributed by atoms with E-state index < -0.39 is 18.2 Å². The summed E-state index contributed by atoms with van der Waals surface area (Å²) in [5.41, 5.74) is 18.5. The number of carbonyl (C=O) groups excluding carboxylic acids is 3. The molecule has 5 rings (SSSR count). The molecule has 278 valence electrons. The third-order valence-electron chi connectivity index (χ3n) is 8.22. The van der Waals surface area contributed by atoms with Crippen molar-refractivity contribution in [3.63, 3.8) is 0 Å². The van der Waals surface area contributed by atoms with Crippen LogP contribution in [0.3, 0.4) is 0 Å². The molecule has 0 aliphatic rings. The third-order valence-corrected chi connectivity index (χ3v) is 8.22. The van der Waals surface area contributed by atoms with E-state index >= 15 is 0 Å². The monoisotopic (exact) mass is 757 g/mol. The number of amides is 3. The Morgan fingerprint density at radius 3 is 1.40 bits per heavy atom. The summed E-state index contributed by atoms with van der Waals surface area (Å²) in [5.74, 6) is -0.485. The molecule has 0 radical (unpaired) electrons. The summed E-state index contributed by atoms with van der Waals surface area (Å²) >= 11 is 0. The van der Waals surface area contributed by atoms with Crippen LogP contribution < -0.4 is 22.1 Å². The molecule has 0 saturated heterocycles. The van der Waals surface area contributed by atoms with E-state index in [1.807, 2.05) is 103 Å². The van der Waals surface area contributed by atoms with Gasteiger partial charge in [-0.2, -0.15) is 0 Å². The van der Waals surface area contributed by atoms with E-state index in [1.165, 1.54) is 0 Å². The van der Waals surface area contributed by atoms with Crippen LogP contribution in [0.2, 0.25) is 0 Å². The normalized spacial score (nSPS) is 11.5. The Morgan fingerprint density at radius 2 is 0.981 bits per heavy atom. The third kappa shape index (κ3) is 14.0. The molecule has 5 aromatic rings. The van der Waals surface area contributed by atoms with Crippen molar-refractivity contribution < 1.29 is 19.1 Å². The summed E-state index contributed by atoms with van der Waals surface area (Å²) in [6.07, 6.45) is 7.11. The number of nitrogens with two attached hydrogens (primary N) is 2. The number of hydrogen-bond acceptors (Lipinski definition) is 8. The number of hydrogen-bond donors (Lipinski definition) is 4. The number of rotatable bonds is 16. The molecule has 11 nitrogen and oxygen atoms in total. The minimum absolute atomic E-state index is 0. The van der Waals surface area contributed by atoms with Crippen LogP contribution in [0, 0.1) is 0 Å². The Bertz CT molecular complexity index is 1730. The van der Waals surface area contributed by atoms with E-state index in [-0.39, 0.29) is 43.2 Å². The molecule has 2 aromatic heterocycles. The zero-order valence-electron chi connectivity index (χ0n) is 29.2. The van der Waals surface area contributed by atoms with Crippen LogP contribution in [-0.2, 0) is 60.0 Å². The van der Waals surface area contributed by atoms with Gasteiger partial charge in [0.15, 0.2) is 0 Å². The molecule has 0 fully saturated rings. The largest absolute Gasteiger partial charge is 0.445 e. The van der Waals surface area contributed by atoms with Gasteiger partial charge in [-0.05, 0) is 63.9 Å². The van der Waals surface area contributed by atoms with E-state index in [4.69, 9.17) is 16.2 Å². The smallest absolute Gasteiger partial charge is 0.410 e. The summed E-state index contributed by atoms with van der Waals surface area (Å²) in [7, 11) is 0.